The quantitative estimate of drug-likeness (QED) is 0.131. The van der Waals surface area contributed by atoms with Gasteiger partial charge >= 0.3 is 5.97 Å². The second kappa shape index (κ2) is 19.7. The largest absolute Gasteiger partial charge is 0.464 e. The zero-order valence-electron chi connectivity index (χ0n) is 18.1. The number of esters is 1. The number of hydrogen-bond donors (Lipinski definition) is 1. The van der Waals surface area contributed by atoms with Gasteiger partial charge in [0.15, 0.2) is 0 Å². The highest BCUT2D eigenvalue weighted by Gasteiger charge is 2.07. The van der Waals surface area contributed by atoms with Gasteiger partial charge in [-0.2, -0.15) is 8.42 Å². The van der Waals surface area contributed by atoms with E-state index in [-0.39, 0.29) is 12.6 Å². The van der Waals surface area contributed by atoms with E-state index in [1.165, 1.54) is 89.9 Å². The average molecular weight is 421 g/mol. The predicted octanol–water partition coefficient (Wildman–Crippen LogP) is 6.46. The normalized spacial score (nSPS) is 11.6. The van der Waals surface area contributed by atoms with E-state index in [9.17, 15) is 13.2 Å². The van der Waals surface area contributed by atoms with Gasteiger partial charge in [0.05, 0.1) is 0 Å². The van der Waals surface area contributed by atoms with Crippen molar-refractivity contribution in [1.29, 1.82) is 0 Å². The van der Waals surface area contributed by atoms with E-state index < -0.39 is 15.9 Å². The molecule has 168 valence electrons. The molecule has 0 spiro atoms. The summed E-state index contributed by atoms with van der Waals surface area (Å²) in [5, 5.41) is 0. The van der Waals surface area contributed by atoms with Crippen LogP contribution in [0.2, 0.25) is 0 Å². The first-order chi connectivity index (χ1) is 13.5. The summed E-state index contributed by atoms with van der Waals surface area (Å²) < 4.78 is 34.3. The lowest BCUT2D eigenvalue weighted by atomic mass is 10.0. The maximum Gasteiger partial charge on any atom is 0.305 e. The molecule has 0 radical (unpaired) electrons. The van der Waals surface area contributed by atoms with Crippen LogP contribution in [0.1, 0.15) is 122 Å². The Hall–Kier alpha value is -0.620. The van der Waals surface area contributed by atoms with E-state index in [0.717, 1.165) is 19.3 Å². The van der Waals surface area contributed by atoms with Crippen LogP contribution in [0, 0.1) is 0 Å². The lowest BCUT2D eigenvalue weighted by Gasteiger charge is -2.04. The standard InChI is InChI=1S/C22H44O5S/c1-2-3-4-5-6-7-8-9-10-11-12-13-14-15-16-17-18-19-22(23)27-20-21-28(24,25)26/h2-21H2,1H3,(H,24,25,26). The van der Waals surface area contributed by atoms with Crippen LogP contribution < -0.4 is 0 Å². The van der Waals surface area contributed by atoms with Crippen LogP contribution >= 0.6 is 0 Å². The number of unbranched alkanes of at least 4 members (excludes halogenated alkanes) is 16. The molecule has 5 nitrogen and oxygen atoms in total. The SMILES string of the molecule is CCCCCCCCCCCCCCCCCCCC(=O)OCCS(=O)(=O)O. The fourth-order valence-corrected chi connectivity index (χ4v) is 3.62. The first-order valence-corrected chi connectivity index (χ1v) is 13.2. The highest BCUT2D eigenvalue weighted by molar-refractivity contribution is 7.85. The Labute approximate surface area is 173 Å². The molecule has 0 atom stereocenters. The summed E-state index contributed by atoms with van der Waals surface area (Å²) in [7, 11) is -4.05. The number of carbonyl (C=O) groups excluding carboxylic acids is 1. The van der Waals surface area contributed by atoms with Crippen LogP contribution in [-0.2, 0) is 19.6 Å². The van der Waals surface area contributed by atoms with Crippen LogP contribution in [0.25, 0.3) is 0 Å². The van der Waals surface area contributed by atoms with Crippen LogP contribution in [0.15, 0.2) is 0 Å². The third-order valence-corrected chi connectivity index (χ3v) is 5.77. The zero-order valence-corrected chi connectivity index (χ0v) is 18.9. The molecule has 0 aromatic heterocycles. The summed E-state index contributed by atoms with van der Waals surface area (Å²) in [6, 6.07) is 0. The number of carbonyl (C=O) groups is 1. The third-order valence-electron chi connectivity index (χ3n) is 5.09. The predicted molar refractivity (Wildman–Crippen MR) is 116 cm³/mol. The Balaban J connectivity index is 3.16. The maximum atomic E-state index is 11.4. The van der Waals surface area contributed by atoms with Crippen molar-refractivity contribution >= 4 is 16.1 Å². The molecule has 0 fully saturated rings. The Kier molecular flexibility index (Phi) is 19.2. The van der Waals surface area contributed by atoms with E-state index in [2.05, 4.69) is 6.92 Å². The minimum Gasteiger partial charge on any atom is -0.464 e. The molecule has 0 aromatic rings. The Morgan fingerprint density at radius 2 is 1.04 bits per heavy atom. The van der Waals surface area contributed by atoms with E-state index in [0.29, 0.717) is 6.42 Å². The molecule has 0 saturated carbocycles. The summed E-state index contributed by atoms with van der Waals surface area (Å²) in [6.45, 7) is 2.00. The fraction of sp³-hybridized carbons (Fsp3) is 0.955. The third kappa shape index (κ3) is 23.4. The van der Waals surface area contributed by atoms with Crippen molar-refractivity contribution in [3.63, 3.8) is 0 Å². The summed E-state index contributed by atoms with van der Waals surface area (Å²) in [6.07, 6.45) is 22.3. The highest BCUT2D eigenvalue weighted by atomic mass is 32.2. The summed E-state index contributed by atoms with van der Waals surface area (Å²) in [5.74, 6) is -0.915. The molecule has 6 heteroatoms. The molecule has 0 aliphatic heterocycles. The van der Waals surface area contributed by atoms with E-state index in [4.69, 9.17) is 9.29 Å². The Morgan fingerprint density at radius 1 is 0.679 bits per heavy atom. The van der Waals surface area contributed by atoms with Gasteiger partial charge in [0, 0.05) is 6.42 Å². The summed E-state index contributed by atoms with van der Waals surface area (Å²) in [5.41, 5.74) is 0. The van der Waals surface area contributed by atoms with Crippen molar-refractivity contribution < 1.29 is 22.5 Å². The monoisotopic (exact) mass is 420 g/mol. The molecule has 0 bridgehead atoms. The Bertz CT molecular complexity index is 448. The molecule has 28 heavy (non-hydrogen) atoms. The molecule has 0 heterocycles. The van der Waals surface area contributed by atoms with Crippen molar-refractivity contribution in [3.8, 4) is 0 Å². The Morgan fingerprint density at radius 3 is 1.39 bits per heavy atom. The molecule has 0 amide bonds. The second-order valence-corrected chi connectivity index (χ2v) is 9.49. The molecular weight excluding hydrogens is 376 g/mol. The number of rotatable bonds is 21. The van der Waals surface area contributed by atoms with Crippen molar-refractivity contribution in [1.82, 2.24) is 0 Å². The lowest BCUT2D eigenvalue weighted by Crippen LogP contribution is -2.14. The van der Waals surface area contributed by atoms with Gasteiger partial charge in [-0.05, 0) is 6.42 Å². The summed E-state index contributed by atoms with van der Waals surface area (Å²) in [4.78, 5) is 11.4. The van der Waals surface area contributed by atoms with Gasteiger partial charge in [-0.25, -0.2) is 0 Å². The molecule has 1 N–H and O–H groups in total. The first kappa shape index (κ1) is 27.4. The second-order valence-electron chi connectivity index (χ2n) is 7.91. The highest BCUT2D eigenvalue weighted by Crippen LogP contribution is 2.14. The molecular formula is C22H44O5S. The molecule has 0 rings (SSSR count). The topological polar surface area (TPSA) is 80.7 Å². The van der Waals surface area contributed by atoms with Crippen LogP contribution in [0.3, 0.4) is 0 Å². The van der Waals surface area contributed by atoms with E-state index >= 15 is 0 Å². The smallest absolute Gasteiger partial charge is 0.305 e. The fourth-order valence-electron chi connectivity index (χ4n) is 3.33. The van der Waals surface area contributed by atoms with E-state index in [1.807, 2.05) is 0 Å². The van der Waals surface area contributed by atoms with Gasteiger partial charge in [0.25, 0.3) is 10.1 Å². The van der Waals surface area contributed by atoms with Gasteiger partial charge in [0.2, 0.25) is 0 Å². The van der Waals surface area contributed by atoms with Gasteiger partial charge < -0.3 is 4.74 Å². The van der Waals surface area contributed by atoms with Crippen molar-refractivity contribution in [2.75, 3.05) is 12.4 Å². The van der Waals surface area contributed by atoms with Crippen LogP contribution in [-0.4, -0.2) is 31.3 Å². The molecule has 0 unspecified atom stereocenters. The maximum absolute atomic E-state index is 11.4. The molecule has 0 aliphatic rings. The minimum absolute atomic E-state index is 0.267. The van der Waals surface area contributed by atoms with Crippen molar-refractivity contribution in [2.45, 2.75) is 122 Å². The van der Waals surface area contributed by atoms with Crippen molar-refractivity contribution in [3.05, 3.63) is 0 Å². The zero-order chi connectivity index (χ0) is 20.9. The van der Waals surface area contributed by atoms with Crippen LogP contribution in [0.5, 0.6) is 0 Å². The van der Waals surface area contributed by atoms with Crippen LogP contribution in [0.4, 0.5) is 0 Å². The van der Waals surface area contributed by atoms with Crippen molar-refractivity contribution in [2.24, 2.45) is 0 Å². The van der Waals surface area contributed by atoms with E-state index in [1.54, 1.807) is 0 Å². The lowest BCUT2D eigenvalue weighted by molar-refractivity contribution is -0.143. The number of ether oxygens (including phenoxy) is 1. The van der Waals surface area contributed by atoms with Gasteiger partial charge in [-0.15, -0.1) is 0 Å². The summed E-state index contributed by atoms with van der Waals surface area (Å²) >= 11 is 0. The molecule has 0 saturated heterocycles. The molecule has 0 aromatic carbocycles. The van der Waals surface area contributed by atoms with Gasteiger partial charge in [0.1, 0.15) is 12.4 Å². The average Bonchev–Trinajstić information content (AvgIpc) is 2.63. The first-order valence-electron chi connectivity index (χ1n) is 11.6. The number of hydrogen-bond acceptors (Lipinski definition) is 4. The minimum atomic E-state index is -4.05. The van der Waals surface area contributed by atoms with Gasteiger partial charge in [-0.3, -0.25) is 9.35 Å². The molecule has 0 aliphatic carbocycles. The van der Waals surface area contributed by atoms with Gasteiger partial charge in [-0.1, -0.05) is 110 Å².